The van der Waals surface area contributed by atoms with Crippen LogP contribution in [0.15, 0.2) is 52.3 Å². The standard InChI is InChI=1S/C17H14N2O3/c1-10-7-16(21)19-14-8-12(5-6-13(10)14)18-9-11-3-2-4-15(20)17(11)22/h2-9,20,22H,1H3,(H,19,21). The van der Waals surface area contributed by atoms with Crippen molar-refractivity contribution in [2.75, 3.05) is 0 Å². The second kappa shape index (κ2) is 5.37. The van der Waals surface area contributed by atoms with Crippen LogP contribution in [-0.4, -0.2) is 21.4 Å². The molecule has 0 aliphatic rings. The fraction of sp³-hybridized carbons (Fsp3) is 0.0588. The number of benzene rings is 2. The van der Waals surface area contributed by atoms with E-state index in [1.54, 1.807) is 24.3 Å². The number of nitrogens with one attached hydrogen (secondary N) is 1. The van der Waals surface area contributed by atoms with E-state index in [2.05, 4.69) is 9.98 Å². The molecule has 0 atom stereocenters. The van der Waals surface area contributed by atoms with Gasteiger partial charge in [-0.15, -0.1) is 0 Å². The summed E-state index contributed by atoms with van der Waals surface area (Å²) >= 11 is 0. The lowest BCUT2D eigenvalue weighted by atomic mass is 10.1. The van der Waals surface area contributed by atoms with Crippen LogP contribution in [-0.2, 0) is 0 Å². The van der Waals surface area contributed by atoms with E-state index in [-0.39, 0.29) is 17.1 Å². The van der Waals surface area contributed by atoms with Gasteiger partial charge < -0.3 is 15.2 Å². The Balaban J connectivity index is 2.02. The molecule has 3 rings (SSSR count). The number of rotatable bonds is 2. The summed E-state index contributed by atoms with van der Waals surface area (Å²) in [6.45, 7) is 1.88. The van der Waals surface area contributed by atoms with Gasteiger partial charge in [0.1, 0.15) is 0 Å². The monoisotopic (exact) mass is 294 g/mol. The molecule has 2 aromatic carbocycles. The second-order valence-electron chi connectivity index (χ2n) is 5.02. The highest BCUT2D eigenvalue weighted by molar-refractivity contribution is 5.89. The summed E-state index contributed by atoms with van der Waals surface area (Å²) in [4.78, 5) is 18.6. The molecule has 0 radical (unpaired) electrons. The number of nitrogens with zero attached hydrogens (tertiary/aromatic N) is 1. The van der Waals surface area contributed by atoms with Crippen molar-refractivity contribution >= 4 is 22.8 Å². The number of phenols is 2. The molecule has 0 aliphatic carbocycles. The lowest BCUT2D eigenvalue weighted by Crippen LogP contribution is -2.04. The molecular weight excluding hydrogens is 280 g/mol. The molecular formula is C17H14N2O3. The fourth-order valence-electron chi connectivity index (χ4n) is 2.30. The van der Waals surface area contributed by atoms with Gasteiger partial charge >= 0.3 is 0 Å². The Morgan fingerprint density at radius 1 is 1.14 bits per heavy atom. The number of aryl methyl sites for hydroxylation is 1. The Bertz CT molecular complexity index is 942. The van der Waals surface area contributed by atoms with Crippen LogP contribution in [0.2, 0.25) is 0 Å². The molecule has 0 fully saturated rings. The van der Waals surface area contributed by atoms with Gasteiger partial charge in [0.15, 0.2) is 11.5 Å². The summed E-state index contributed by atoms with van der Waals surface area (Å²) < 4.78 is 0. The average molecular weight is 294 g/mol. The van der Waals surface area contributed by atoms with Crippen molar-refractivity contribution in [1.82, 2.24) is 4.98 Å². The minimum atomic E-state index is -0.212. The molecule has 0 spiro atoms. The zero-order chi connectivity index (χ0) is 15.7. The number of aromatic hydroxyl groups is 2. The van der Waals surface area contributed by atoms with Crippen molar-refractivity contribution < 1.29 is 10.2 Å². The van der Waals surface area contributed by atoms with Crippen LogP contribution in [0.1, 0.15) is 11.1 Å². The smallest absolute Gasteiger partial charge is 0.248 e. The van der Waals surface area contributed by atoms with Crippen molar-refractivity contribution in [2.45, 2.75) is 6.92 Å². The molecule has 0 unspecified atom stereocenters. The third kappa shape index (κ3) is 2.56. The van der Waals surface area contributed by atoms with E-state index in [0.29, 0.717) is 16.8 Å². The van der Waals surface area contributed by atoms with Crippen LogP contribution < -0.4 is 5.56 Å². The third-order valence-electron chi connectivity index (χ3n) is 3.43. The molecule has 0 saturated carbocycles. The zero-order valence-electron chi connectivity index (χ0n) is 11.9. The van der Waals surface area contributed by atoms with Crippen molar-refractivity contribution in [1.29, 1.82) is 0 Å². The van der Waals surface area contributed by atoms with Crippen LogP contribution in [0.4, 0.5) is 5.69 Å². The molecule has 110 valence electrons. The average Bonchev–Trinajstić information content (AvgIpc) is 2.48. The Morgan fingerprint density at radius 3 is 2.77 bits per heavy atom. The van der Waals surface area contributed by atoms with E-state index in [9.17, 15) is 15.0 Å². The van der Waals surface area contributed by atoms with Crippen molar-refractivity contribution in [3.8, 4) is 11.5 Å². The summed E-state index contributed by atoms with van der Waals surface area (Å²) in [5.74, 6) is -0.404. The van der Waals surface area contributed by atoms with Gasteiger partial charge in [-0.3, -0.25) is 9.79 Å². The predicted molar refractivity (Wildman–Crippen MR) is 86.3 cm³/mol. The molecule has 0 bridgehead atoms. The van der Waals surface area contributed by atoms with E-state index in [1.165, 1.54) is 12.3 Å². The molecule has 0 aliphatic heterocycles. The lowest BCUT2D eigenvalue weighted by molar-refractivity contribution is 0.403. The Kier molecular flexibility index (Phi) is 3.39. The normalized spacial score (nSPS) is 11.3. The van der Waals surface area contributed by atoms with Crippen molar-refractivity contribution in [3.05, 3.63) is 63.9 Å². The van der Waals surface area contributed by atoms with Crippen molar-refractivity contribution in [3.63, 3.8) is 0 Å². The van der Waals surface area contributed by atoms with E-state index < -0.39 is 0 Å². The van der Waals surface area contributed by atoms with E-state index in [4.69, 9.17) is 0 Å². The lowest BCUT2D eigenvalue weighted by Gasteiger charge is -2.03. The second-order valence-corrected chi connectivity index (χ2v) is 5.02. The van der Waals surface area contributed by atoms with Gasteiger partial charge in [-0.05, 0) is 36.8 Å². The molecule has 1 heterocycles. The van der Waals surface area contributed by atoms with E-state index in [1.807, 2.05) is 19.1 Å². The van der Waals surface area contributed by atoms with Gasteiger partial charge in [0.25, 0.3) is 0 Å². The van der Waals surface area contributed by atoms with Gasteiger partial charge in [-0.2, -0.15) is 0 Å². The molecule has 3 aromatic rings. The van der Waals surface area contributed by atoms with Crippen LogP contribution in [0, 0.1) is 6.92 Å². The number of fused-ring (bicyclic) bond motifs is 1. The summed E-state index contributed by atoms with van der Waals surface area (Å²) in [5, 5.41) is 20.1. The maximum Gasteiger partial charge on any atom is 0.248 e. The maximum atomic E-state index is 11.5. The largest absolute Gasteiger partial charge is 0.504 e. The van der Waals surface area contributed by atoms with Crippen LogP contribution in [0.3, 0.4) is 0 Å². The highest BCUT2D eigenvalue weighted by Gasteiger charge is 2.04. The van der Waals surface area contributed by atoms with Gasteiger partial charge in [0, 0.05) is 23.2 Å². The first-order valence-corrected chi connectivity index (χ1v) is 6.73. The van der Waals surface area contributed by atoms with Crippen LogP contribution in [0.5, 0.6) is 11.5 Å². The quantitative estimate of drug-likeness (QED) is 0.501. The van der Waals surface area contributed by atoms with Gasteiger partial charge in [-0.1, -0.05) is 12.1 Å². The Labute approximate surface area is 126 Å². The number of aromatic amines is 1. The predicted octanol–water partition coefficient (Wildman–Crippen LogP) is 3.00. The summed E-state index contributed by atoms with van der Waals surface area (Å²) in [6, 6.07) is 11.7. The van der Waals surface area contributed by atoms with Gasteiger partial charge in [-0.25, -0.2) is 0 Å². The zero-order valence-corrected chi connectivity index (χ0v) is 11.9. The number of para-hydroxylation sites is 1. The molecule has 1 aromatic heterocycles. The van der Waals surface area contributed by atoms with Crippen LogP contribution >= 0.6 is 0 Å². The third-order valence-corrected chi connectivity index (χ3v) is 3.43. The summed E-state index contributed by atoms with van der Waals surface area (Å²) in [6.07, 6.45) is 1.46. The van der Waals surface area contributed by atoms with Crippen molar-refractivity contribution in [2.24, 2.45) is 4.99 Å². The highest BCUT2D eigenvalue weighted by atomic mass is 16.3. The highest BCUT2D eigenvalue weighted by Crippen LogP contribution is 2.27. The van der Waals surface area contributed by atoms with Gasteiger partial charge in [0.05, 0.1) is 11.2 Å². The van der Waals surface area contributed by atoms with Gasteiger partial charge in [0.2, 0.25) is 5.56 Å². The molecule has 3 N–H and O–H groups in total. The van der Waals surface area contributed by atoms with E-state index in [0.717, 1.165) is 10.9 Å². The van der Waals surface area contributed by atoms with Crippen LogP contribution in [0.25, 0.3) is 10.9 Å². The Morgan fingerprint density at radius 2 is 1.95 bits per heavy atom. The number of hydrogen-bond acceptors (Lipinski definition) is 4. The first-order valence-electron chi connectivity index (χ1n) is 6.73. The number of phenolic OH excluding ortho intramolecular Hbond substituents is 2. The molecule has 0 saturated heterocycles. The molecule has 0 amide bonds. The first-order chi connectivity index (χ1) is 10.5. The number of hydrogen-bond donors (Lipinski definition) is 3. The number of H-pyrrole nitrogens is 1. The Hall–Kier alpha value is -3.08. The number of aliphatic imine (C=N–C) groups is 1. The number of pyridine rings is 1. The first kappa shape index (κ1) is 13.9. The topological polar surface area (TPSA) is 85.7 Å². The minimum absolute atomic E-state index is 0.156. The molecule has 5 heteroatoms. The fourth-order valence-corrected chi connectivity index (χ4v) is 2.30. The minimum Gasteiger partial charge on any atom is -0.504 e. The number of aromatic nitrogens is 1. The maximum absolute atomic E-state index is 11.5. The SMILES string of the molecule is Cc1cc(=O)[nH]c2cc(N=Cc3cccc(O)c3O)ccc12. The van der Waals surface area contributed by atoms with E-state index >= 15 is 0 Å². The molecule has 5 nitrogen and oxygen atoms in total. The summed E-state index contributed by atoms with van der Waals surface area (Å²) in [5.41, 5.74) is 2.51. The summed E-state index contributed by atoms with van der Waals surface area (Å²) in [7, 11) is 0. The molecule has 22 heavy (non-hydrogen) atoms.